The summed E-state index contributed by atoms with van der Waals surface area (Å²) in [6.45, 7) is 0. The van der Waals surface area contributed by atoms with Gasteiger partial charge in [0.25, 0.3) is 0 Å². The van der Waals surface area contributed by atoms with Gasteiger partial charge in [-0.05, 0) is 36.4 Å². The van der Waals surface area contributed by atoms with Gasteiger partial charge in [-0.3, -0.25) is 4.98 Å². The van der Waals surface area contributed by atoms with Crippen molar-refractivity contribution in [3.05, 3.63) is 67.0 Å². The maximum absolute atomic E-state index is 5.91. The van der Waals surface area contributed by atoms with Gasteiger partial charge in [0.1, 0.15) is 17.2 Å². The number of pyridine rings is 1. The van der Waals surface area contributed by atoms with E-state index >= 15 is 0 Å². The molecule has 0 amide bonds. The van der Waals surface area contributed by atoms with Crippen LogP contribution in [-0.2, 0) is 0 Å². The van der Waals surface area contributed by atoms with Crippen molar-refractivity contribution < 1.29 is 14.2 Å². The predicted octanol–water partition coefficient (Wildman–Crippen LogP) is 4.63. The summed E-state index contributed by atoms with van der Waals surface area (Å²) in [5.41, 5.74) is 1.64. The molecule has 0 unspecified atom stereocenters. The van der Waals surface area contributed by atoms with Crippen molar-refractivity contribution in [2.75, 3.05) is 19.5 Å². The number of methoxy groups -OCH3 is 2. The third-order valence-electron chi connectivity index (χ3n) is 3.43. The number of rotatable bonds is 6. The number of hydrogen-bond acceptors (Lipinski definition) is 5. The fourth-order valence-corrected chi connectivity index (χ4v) is 2.24. The largest absolute Gasteiger partial charge is 0.497 e. The van der Waals surface area contributed by atoms with Gasteiger partial charge in [-0.25, -0.2) is 0 Å². The molecule has 0 aliphatic heterocycles. The Morgan fingerprint density at radius 1 is 0.792 bits per heavy atom. The molecule has 5 nitrogen and oxygen atoms in total. The minimum absolute atomic E-state index is 0.674. The van der Waals surface area contributed by atoms with Crippen molar-refractivity contribution in [1.82, 2.24) is 4.98 Å². The smallest absolute Gasteiger partial charge is 0.150 e. The maximum atomic E-state index is 5.91. The summed E-state index contributed by atoms with van der Waals surface area (Å²) in [5.74, 6) is 2.79. The number of ether oxygens (including phenoxy) is 3. The van der Waals surface area contributed by atoms with Gasteiger partial charge in [-0.1, -0.05) is 12.1 Å². The molecule has 1 N–H and O–H groups in total. The van der Waals surface area contributed by atoms with Crippen LogP contribution in [0.2, 0.25) is 0 Å². The number of hydrogen-bond donors (Lipinski definition) is 1. The minimum Gasteiger partial charge on any atom is -0.497 e. The summed E-state index contributed by atoms with van der Waals surface area (Å²) in [4.78, 5) is 4.06. The van der Waals surface area contributed by atoms with Crippen LogP contribution < -0.4 is 19.5 Å². The van der Waals surface area contributed by atoms with Crippen molar-refractivity contribution in [2.45, 2.75) is 0 Å². The fourth-order valence-electron chi connectivity index (χ4n) is 2.24. The first-order valence-corrected chi connectivity index (χ1v) is 7.46. The molecule has 1 heterocycles. The Morgan fingerprint density at radius 2 is 1.62 bits per heavy atom. The molecule has 24 heavy (non-hydrogen) atoms. The minimum atomic E-state index is 0.674. The van der Waals surface area contributed by atoms with Crippen molar-refractivity contribution in [1.29, 1.82) is 0 Å². The average Bonchev–Trinajstić information content (AvgIpc) is 2.64. The van der Waals surface area contributed by atoms with E-state index in [1.165, 1.54) is 0 Å². The Morgan fingerprint density at radius 3 is 2.38 bits per heavy atom. The molecular weight excluding hydrogens is 304 g/mol. The van der Waals surface area contributed by atoms with Crippen molar-refractivity contribution in [2.24, 2.45) is 0 Å². The van der Waals surface area contributed by atoms with Crippen LogP contribution in [0.1, 0.15) is 0 Å². The van der Waals surface area contributed by atoms with E-state index in [1.54, 1.807) is 26.6 Å². The zero-order valence-electron chi connectivity index (χ0n) is 13.5. The molecule has 2 aromatic carbocycles. The molecule has 0 radical (unpaired) electrons. The third-order valence-corrected chi connectivity index (χ3v) is 3.43. The van der Waals surface area contributed by atoms with Crippen molar-refractivity contribution in [3.8, 4) is 23.0 Å². The van der Waals surface area contributed by atoms with Crippen LogP contribution in [0.3, 0.4) is 0 Å². The number of nitrogens with one attached hydrogen (secondary N) is 1. The molecule has 3 rings (SSSR count). The standard InChI is InChI=1S/C19H18N2O3/c1-22-14-9-10-17(19(12-14)23-2)21-16-7-3-4-8-18(16)24-15-6-5-11-20-13-15/h3-13,21H,1-2H3. The Kier molecular flexibility index (Phi) is 4.81. The zero-order chi connectivity index (χ0) is 16.8. The van der Waals surface area contributed by atoms with Gasteiger partial charge in [-0.15, -0.1) is 0 Å². The molecule has 1 aromatic heterocycles. The van der Waals surface area contributed by atoms with Gasteiger partial charge in [0.2, 0.25) is 0 Å². The van der Waals surface area contributed by atoms with Gasteiger partial charge < -0.3 is 19.5 Å². The number of anilines is 2. The van der Waals surface area contributed by atoms with Crippen LogP contribution in [-0.4, -0.2) is 19.2 Å². The molecule has 0 aliphatic carbocycles. The second-order valence-corrected chi connectivity index (χ2v) is 4.98. The highest BCUT2D eigenvalue weighted by Crippen LogP contribution is 2.36. The molecule has 0 saturated carbocycles. The molecule has 0 fully saturated rings. The molecule has 0 saturated heterocycles. The van der Waals surface area contributed by atoms with E-state index < -0.39 is 0 Å². The average molecular weight is 322 g/mol. The lowest BCUT2D eigenvalue weighted by atomic mass is 10.2. The first kappa shape index (κ1) is 15.7. The van der Waals surface area contributed by atoms with E-state index in [9.17, 15) is 0 Å². The van der Waals surface area contributed by atoms with Crippen LogP contribution in [0.4, 0.5) is 11.4 Å². The Hall–Kier alpha value is -3.21. The van der Waals surface area contributed by atoms with E-state index in [4.69, 9.17) is 14.2 Å². The lowest BCUT2D eigenvalue weighted by Gasteiger charge is -2.15. The highest BCUT2D eigenvalue weighted by Gasteiger charge is 2.09. The van der Waals surface area contributed by atoms with Crippen LogP contribution in [0, 0.1) is 0 Å². The lowest BCUT2D eigenvalue weighted by Crippen LogP contribution is -1.97. The fraction of sp³-hybridized carbons (Fsp3) is 0.105. The first-order chi connectivity index (χ1) is 11.8. The Labute approximate surface area is 140 Å². The van der Waals surface area contributed by atoms with E-state index in [-0.39, 0.29) is 0 Å². The van der Waals surface area contributed by atoms with Crippen molar-refractivity contribution in [3.63, 3.8) is 0 Å². The molecule has 5 heteroatoms. The molecule has 0 spiro atoms. The van der Waals surface area contributed by atoms with E-state index in [0.717, 1.165) is 17.1 Å². The summed E-state index contributed by atoms with van der Waals surface area (Å²) in [7, 11) is 3.25. The number of aromatic nitrogens is 1. The van der Waals surface area contributed by atoms with E-state index in [0.29, 0.717) is 17.2 Å². The Bertz CT molecular complexity index is 807. The monoisotopic (exact) mass is 322 g/mol. The van der Waals surface area contributed by atoms with Gasteiger partial charge in [0.05, 0.1) is 31.8 Å². The van der Waals surface area contributed by atoms with Gasteiger partial charge in [0.15, 0.2) is 5.75 Å². The van der Waals surface area contributed by atoms with Crippen molar-refractivity contribution >= 4 is 11.4 Å². The second-order valence-electron chi connectivity index (χ2n) is 4.98. The van der Waals surface area contributed by atoms with E-state index in [1.807, 2.05) is 54.6 Å². The summed E-state index contributed by atoms with van der Waals surface area (Å²) in [6.07, 6.45) is 3.38. The Balaban J connectivity index is 1.88. The van der Waals surface area contributed by atoms with Crippen LogP contribution in [0.5, 0.6) is 23.0 Å². The lowest BCUT2D eigenvalue weighted by molar-refractivity contribution is 0.395. The highest BCUT2D eigenvalue weighted by atomic mass is 16.5. The second kappa shape index (κ2) is 7.37. The predicted molar refractivity (Wildman–Crippen MR) is 93.6 cm³/mol. The summed E-state index contributed by atoms with van der Waals surface area (Å²) in [5, 5.41) is 3.34. The molecule has 3 aromatic rings. The first-order valence-electron chi connectivity index (χ1n) is 7.46. The molecule has 0 atom stereocenters. The number of nitrogens with zero attached hydrogens (tertiary/aromatic N) is 1. The highest BCUT2D eigenvalue weighted by molar-refractivity contribution is 5.71. The van der Waals surface area contributed by atoms with Crippen LogP contribution in [0.15, 0.2) is 67.0 Å². The topological polar surface area (TPSA) is 52.6 Å². The number of para-hydroxylation sites is 2. The third kappa shape index (κ3) is 3.57. The molecule has 0 aliphatic rings. The van der Waals surface area contributed by atoms with Crippen LogP contribution in [0.25, 0.3) is 0 Å². The summed E-state index contributed by atoms with van der Waals surface area (Å²) in [6, 6.07) is 17.0. The normalized spacial score (nSPS) is 10.1. The quantitative estimate of drug-likeness (QED) is 0.717. The van der Waals surface area contributed by atoms with Gasteiger partial charge in [-0.2, -0.15) is 0 Å². The molecular formula is C19H18N2O3. The number of benzene rings is 2. The molecule has 0 bridgehead atoms. The zero-order valence-corrected chi connectivity index (χ0v) is 13.5. The summed E-state index contributed by atoms with van der Waals surface area (Å²) < 4.78 is 16.6. The summed E-state index contributed by atoms with van der Waals surface area (Å²) >= 11 is 0. The van der Waals surface area contributed by atoms with Gasteiger partial charge >= 0.3 is 0 Å². The SMILES string of the molecule is COc1ccc(Nc2ccccc2Oc2cccnc2)c(OC)c1. The molecule has 122 valence electrons. The van der Waals surface area contributed by atoms with Crippen LogP contribution >= 0.6 is 0 Å². The van der Waals surface area contributed by atoms with E-state index in [2.05, 4.69) is 10.3 Å². The van der Waals surface area contributed by atoms with Gasteiger partial charge in [0, 0.05) is 12.3 Å². The maximum Gasteiger partial charge on any atom is 0.150 e.